The molecule has 2 aliphatic heterocycles. The Morgan fingerprint density at radius 1 is 1.34 bits per heavy atom. The van der Waals surface area contributed by atoms with Crippen LogP contribution in [0.15, 0.2) is 30.6 Å². The molecule has 0 aliphatic carbocycles. The molecular formula is C20H21FN6O5. The highest BCUT2D eigenvalue weighted by Crippen LogP contribution is 2.29. The summed E-state index contributed by atoms with van der Waals surface area (Å²) >= 11 is 0. The summed E-state index contributed by atoms with van der Waals surface area (Å²) in [5.41, 5.74) is 1.57. The fourth-order valence-electron chi connectivity index (χ4n) is 3.61. The van der Waals surface area contributed by atoms with Crippen LogP contribution >= 0.6 is 0 Å². The molecule has 12 heteroatoms. The van der Waals surface area contributed by atoms with Gasteiger partial charge in [-0.15, -0.1) is 10.2 Å². The fourth-order valence-corrected chi connectivity index (χ4v) is 3.61. The lowest BCUT2D eigenvalue weighted by Crippen LogP contribution is -2.37. The number of carbonyl (C=O) groups is 3. The molecular weight excluding hydrogens is 423 g/mol. The van der Waals surface area contributed by atoms with Gasteiger partial charge in [0.05, 0.1) is 12.2 Å². The van der Waals surface area contributed by atoms with Crippen LogP contribution in [0, 0.1) is 5.82 Å². The Labute approximate surface area is 182 Å². The van der Waals surface area contributed by atoms with Gasteiger partial charge < -0.3 is 14.4 Å². The number of benzene rings is 1. The topological polar surface area (TPSA) is 120 Å². The summed E-state index contributed by atoms with van der Waals surface area (Å²) in [5.74, 6) is -1.28. The number of amides is 2. The predicted octanol–water partition coefficient (Wildman–Crippen LogP) is 1.02. The smallest absolute Gasteiger partial charge is 0.414 e. The molecule has 2 amide bonds. The average Bonchev–Trinajstić information content (AvgIpc) is 3.41. The highest BCUT2D eigenvalue weighted by atomic mass is 19.1. The minimum atomic E-state index is -0.568. The Hall–Kier alpha value is -3.83. The second-order valence-electron chi connectivity index (χ2n) is 7.37. The number of ether oxygens (including phenoxy) is 2. The molecule has 1 aromatic carbocycles. The van der Waals surface area contributed by atoms with Crippen molar-refractivity contribution >= 4 is 29.2 Å². The Balaban J connectivity index is 1.40. The second kappa shape index (κ2) is 9.12. The number of carbonyl (C=O) groups excluding carboxylic acids is 3. The molecule has 2 aromatic rings. The first-order valence-corrected chi connectivity index (χ1v) is 9.99. The number of rotatable bonds is 6. The van der Waals surface area contributed by atoms with Crippen LogP contribution < -0.4 is 4.90 Å². The van der Waals surface area contributed by atoms with Gasteiger partial charge in [-0.1, -0.05) is 6.08 Å². The number of hydrogen-bond acceptors (Lipinski definition) is 8. The van der Waals surface area contributed by atoms with Crippen LogP contribution in [0.1, 0.15) is 18.9 Å². The molecule has 3 heterocycles. The lowest BCUT2D eigenvalue weighted by Gasteiger charge is -2.26. The van der Waals surface area contributed by atoms with Crippen molar-refractivity contribution in [3.05, 3.63) is 42.0 Å². The standard InChI is InChI=1S/C20H21FN6O5/c1-13(28)31-11-19(29)25-6-4-14(5-7-25)17-3-2-15(8-18(17)21)26-9-16(32-20(26)30)10-27-23-12-22-24-27/h2-4,8,12,16H,5-7,9-11H2,1H3/t16-/m1/s1. The van der Waals surface area contributed by atoms with Gasteiger partial charge in [-0.05, 0) is 35.4 Å². The second-order valence-corrected chi connectivity index (χ2v) is 7.37. The summed E-state index contributed by atoms with van der Waals surface area (Å²) < 4.78 is 24.9. The van der Waals surface area contributed by atoms with Gasteiger partial charge in [-0.25, -0.2) is 9.18 Å². The van der Waals surface area contributed by atoms with Crippen molar-refractivity contribution in [2.24, 2.45) is 0 Å². The normalized spacial score (nSPS) is 18.4. The van der Waals surface area contributed by atoms with Crippen molar-refractivity contribution in [1.29, 1.82) is 0 Å². The molecule has 0 saturated carbocycles. The summed E-state index contributed by atoms with van der Waals surface area (Å²) in [7, 11) is 0. The van der Waals surface area contributed by atoms with Crippen LogP contribution in [0.3, 0.4) is 0 Å². The van der Waals surface area contributed by atoms with Gasteiger partial charge in [-0.3, -0.25) is 14.5 Å². The van der Waals surface area contributed by atoms with Crippen molar-refractivity contribution in [3.63, 3.8) is 0 Å². The molecule has 1 atom stereocenters. The van der Waals surface area contributed by atoms with Crippen LogP contribution in [0.5, 0.6) is 0 Å². The molecule has 0 bridgehead atoms. The first-order valence-electron chi connectivity index (χ1n) is 9.99. The Bertz CT molecular complexity index is 1060. The molecule has 2 aliphatic rings. The Morgan fingerprint density at radius 3 is 2.84 bits per heavy atom. The highest BCUT2D eigenvalue weighted by Gasteiger charge is 2.33. The lowest BCUT2D eigenvalue weighted by molar-refractivity contribution is -0.150. The molecule has 4 rings (SSSR count). The van der Waals surface area contributed by atoms with E-state index in [4.69, 9.17) is 9.47 Å². The summed E-state index contributed by atoms with van der Waals surface area (Å²) in [6, 6.07) is 4.58. The number of aromatic nitrogens is 4. The largest absolute Gasteiger partial charge is 0.456 e. The number of halogens is 1. The lowest BCUT2D eigenvalue weighted by atomic mass is 9.98. The first kappa shape index (κ1) is 21.4. The third kappa shape index (κ3) is 4.74. The molecule has 32 heavy (non-hydrogen) atoms. The molecule has 0 unspecified atom stereocenters. The molecule has 0 spiro atoms. The van der Waals surface area contributed by atoms with Gasteiger partial charge in [0.15, 0.2) is 12.9 Å². The maximum atomic E-state index is 14.9. The monoisotopic (exact) mass is 444 g/mol. The van der Waals surface area contributed by atoms with E-state index >= 15 is 0 Å². The van der Waals surface area contributed by atoms with Crippen LogP contribution in [-0.4, -0.2) is 75.4 Å². The number of nitrogens with zero attached hydrogens (tertiary/aromatic N) is 6. The van der Waals surface area contributed by atoms with E-state index in [1.54, 1.807) is 23.1 Å². The number of hydrogen-bond donors (Lipinski definition) is 0. The van der Waals surface area contributed by atoms with Crippen LogP contribution in [0.4, 0.5) is 14.9 Å². The first-order chi connectivity index (χ1) is 15.4. The van der Waals surface area contributed by atoms with Crippen LogP contribution in [-0.2, 0) is 25.6 Å². The van der Waals surface area contributed by atoms with Crippen molar-refractivity contribution in [1.82, 2.24) is 25.1 Å². The summed E-state index contributed by atoms with van der Waals surface area (Å²) in [6.45, 7) is 2.12. The zero-order valence-electron chi connectivity index (χ0n) is 17.3. The van der Waals surface area contributed by atoms with E-state index in [1.807, 2.05) is 0 Å². The van der Waals surface area contributed by atoms with E-state index in [0.717, 1.165) is 5.57 Å². The van der Waals surface area contributed by atoms with E-state index in [-0.39, 0.29) is 25.6 Å². The molecule has 168 valence electrons. The van der Waals surface area contributed by atoms with E-state index in [9.17, 15) is 18.8 Å². The van der Waals surface area contributed by atoms with Gasteiger partial charge in [0.2, 0.25) is 0 Å². The molecule has 1 saturated heterocycles. The van der Waals surface area contributed by atoms with E-state index < -0.39 is 24.0 Å². The number of cyclic esters (lactones) is 1. The molecule has 0 N–H and O–H groups in total. The van der Waals surface area contributed by atoms with E-state index in [1.165, 1.54) is 29.0 Å². The van der Waals surface area contributed by atoms with Crippen molar-refractivity contribution in [2.45, 2.75) is 26.0 Å². The number of anilines is 1. The van der Waals surface area contributed by atoms with Gasteiger partial charge >= 0.3 is 12.1 Å². The van der Waals surface area contributed by atoms with Crippen molar-refractivity contribution in [3.8, 4) is 0 Å². The molecule has 1 aromatic heterocycles. The zero-order valence-corrected chi connectivity index (χ0v) is 17.3. The average molecular weight is 444 g/mol. The summed E-state index contributed by atoms with van der Waals surface area (Å²) in [6.07, 6.45) is 2.48. The van der Waals surface area contributed by atoms with Crippen LogP contribution in [0.2, 0.25) is 0 Å². The fraction of sp³-hybridized carbons (Fsp3) is 0.400. The third-order valence-electron chi connectivity index (χ3n) is 5.20. The number of esters is 1. The number of tetrazole rings is 1. The van der Waals surface area contributed by atoms with E-state index in [0.29, 0.717) is 30.8 Å². The summed E-state index contributed by atoms with van der Waals surface area (Å²) in [4.78, 5) is 39.4. The maximum Gasteiger partial charge on any atom is 0.414 e. The zero-order chi connectivity index (χ0) is 22.7. The molecule has 0 radical (unpaired) electrons. The quantitative estimate of drug-likeness (QED) is 0.606. The SMILES string of the molecule is CC(=O)OCC(=O)N1CC=C(c2ccc(N3C[C@H](Cn4ncnn4)OC3=O)cc2F)CC1. The highest BCUT2D eigenvalue weighted by molar-refractivity contribution is 5.90. The Kier molecular flexibility index (Phi) is 6.10. The van der Waals surface area contributed by atoms with Gasteiger partial charge in [-0.2, -0.15) is 4.80 Å². The van der Waals surface area contributed by atoms with Gasteiger partial charge in [0.1, 0.15) is 18.5 Å². The summed E-state index contributed by atoms with van der Waals surface area (Å²) in [5, 5.41) is 11.2. The minimum Gasteiger partial charge on any atom is -0.456 e. The molecule has 11 nitrogen and oxygen atoms in total. The third-order valence-corrected chi connectivity index (χ3v) is 5.20. The Morgan fingerprint density at radius 2 is 2.19 bits per heavy atom. The van der Waals surface area contributed by atoms with Gasteiger partial charge in [0.25, 0.3) is 5.91 Å². The van der Waals surface area contributed by atoms with Crippen molar-refractivity contribution in [2.75, 3.05) is 31.1 Å². The predicted molar refractivity (Wildman–Crippen MR) is 108 cm³/mol. The molecule has 1 fully saturated rings. The van der Waals surface area contributed by atoms with Crippen LogP contribution in [0.25, 0.3) is 5.57 Å². The van der Waals surface area contributed by atoms with E-state index in [2.05, 4.69) is 15.4 Å². The van der Waals surface area contributed by atoms with Crippen molar-refractivity contribution < 1.29 is 28.2 Å². The minimum absolute atomic E-state index is 0.237. The maximum absolute atomic E-state index is 14.9. The van der Waals surface area contributed by atoms with Gasteiger partial charge in [0, 0.05) is 25.6 Å².